The molecule has 0 bridgehead atoms. The van der Waals surface area contributed by atoms with Crippen molar-refractivity contribution in [3.63, 3.8) is 0 Å². The van der Waals surface area contributed by atoms with Gasteiger partial charge in [-0.25, -0.2) is 4.79 Å². The lowest BCUT2D eigenvalue weighted by Gasteiger charge is -2.38. The smallest absolute Gasteiger partial charge is 0.416 e. The third-order valence-corrected chi connectivity index (χ3v) is 7.44. The van der Waals surface area contributed by atoms with Gasteiger partial charge in [0.05, 0.1) is 29.5 Å². The number of nitrogens with one attached hydrogen (secondary N) is 2. The number of urea groups is 1. The van der Waals surface area contributed by atoms with Crippen molar-refractivity contribution in [1.29, 1.82) is 0 Å². The Labute approximate surface area is 247 Å². The summed E-state index contributed by atoms with van der Waals surface area (Å²) < 4.78 is 50.6. The van der Waals surface area contributed by atoms with Gasteiger partial charge in [0.1, 0.15) is 17.5 Å². The largest absolute Gasteiger partial charge is 0.486 e. The fraction of sp³-hybridized carbons (Fsp3) is 0.433. The number of halogens is 3. The Bertz CT molecular complexity index is 1420. The average molecular weight is 604 g/mol. The lowest BCUT2D eigenvalue weighted by atomic mass is 9.98. The second kappa shape index (κ2) is 13.0. The van der Waals surface area contributed by atoms with Gasteiger partial charge >= 0.3 is 12.2 Å². The highest BCUT2D eigenvalue weighted by molar-refractivity contribution is 6.04. The number of fused-ring (bicyclic) bond motifs is 1. The first-order valence-electron chi connectivity index (χ1n) is 13.9. The number of para-hydroxylation sites is 1. The molecular weight excluding hydrogens is 567 g/mol. The molecule has 13 heteroatoms. The van der Waals surface area contributed by atoms with E-state index in [0.717, 1.165) is 12.1 Å². The number of hydrogen-bond donors (Lipinski definition) is 3. The van der Waals surface area contributed by atoms with Crippen molar-refractivity contribution in [1.82, 2.24) is 15.0 Å². The first-order chi connectivity index (χ1) is 20.3. The predicted molar refractivity (Wildman–Crippen MR) is 154 cm³/mol. The zero-order valence-electron chi connectivity index (χ0n) is 24.7. The molecule has 10 nitrogen and oxygen atoms in total. The summed E-state index contributed by atoms with van der Waals surface area (Å²) in [6.45, 7) is 7.79. The van der Waals surface area contributed by atoms with Crippen molar-refractivity contribution in [2.75, 3.05) is 37.4 Å². The third kappa shape index (κ3) is 7.46. The van der Waals surface area contributed by atoms with Gasteiger partial charge in [-0.05, 0) is 57.6 Å². The molecule has 1 aliphatic heterocycles. The van der Waals surface area contributed by atoms with Crippen LogP contribution in [0.5, 0.6) is 5.75 Å². The summed E-state index contributed by atoms with van der Waals surface area (Å²) in [7, 11) is 1.83. The van der Waals surface area contributed by atoms with E-state index in [2.05, 4.69) is 15.8 Å². The molecule has 2 aromatic carbocycles. The monoisotopic (exact) mass is 603 g/mol. The van der Waals surface area contributed by atoms with Crippen LogP contribution < -0.4 is 15.4 Å². The van der Waals surface area contributed by atoms with Crippen LogP contribution >= 0.6 is 0 Å². The minimum absolute atomic E-state index is 0.177. The number of aliphatic hydroxyl groups excluding tert-OH is 1. The molecule has 3 N–H and O–H groups in total. The van der Waals surface area contributed by atoms with E-state index in [1.54, 1.807) is 43.9 Å². The molecule has 43 heavy (non-hydrogen) atoms. The lowest BCUT2D eigenvalue weighted by molar-refractivity contribution is -0.137. The quantitative estimate of drug-likeness (QED) is 0.319. The van der Waals surface area contributed by atoms with Gasteiger partial charge in [0.15, 0.2) is 11.5 Å². The molecular formula is C30H36F3N5O5. The topological polar surface area (TPSA) is 120 Å². The highest BCUT2D eigenvalue weighted by atomic mass is 19.4. The number of nitrogens with zero attached hydrogens (tertiary/aromatic N) is 3. The number of rotatable bonds is 8. The molecule has 3 amide bonds. The average Bonchev–Trinajstić information content (AvgIpc) is 3.26. The molecule has 3 aromatic rings. The minimum Gasteiger partial charge on any atom is -0.486 e. The van der Waals surface area contributed by atoms with Crippen LogP contribution in [0.15, 0.2) is 47.0 Å². The summed E-state index contributed by atoms with van der Waals surface area (Å²) >= 11 is 0. The number of alkyl halides is 3. The minimum atomic E-state index is -4.41. The number of aromatic nitrogens is 1. The van der Waals surface area contributed by atoms with E-state index < -0.39 is 29.9 Å². The molecule has 1 aliphatic rings. The molecule has 232 valence electrons. The SMILES string of the molecule is Cc1noc(C)c1NC(=O)Nc1cccc2c1O[C@@H](CN(C)Cc1ccc(C(F)(F)F)cc1)[C@H](C)CN([C@@H](C)CO)C2=O. The summed E-state index contributed by atoms with van der Waals surface area (Å²) in [5.41, 5.74) is 1.38. The number of benzene rings is 2. The second-order valence-electron chi connectivity index (χ2n) is 11.0. The Morgan fingerprint density at radius 2 is 1.88 bits per heavy atom. The Morgan fingerprint density at radius 3 is 2.49 bits per heavy atom. The van der Waals surface area contributed by atoms with Gasteiger partial charge in [-0.3, -0.25) is 9.69 Å². The molecule has 0 saturated heterocycles. The summed E-state index contributed by atoms with van der Waals surface area (Å²) in [4.78, 5) is 30.2. The van der Waals surface area contributed by atoms with E-state index >= 15 is 0 Å². The number of carbonyl (C=O) groups excluding carboxylic acids is 2. The van der Waals surface area contributed by atoms with Crippen molar-refractivity contribution in [2.24, 2.45) is 5.92 Å². The third-order valence-electron chi connectivity index (χ3n) is 7.44. The zero-order chi connectivity index (χ0) is 31.5. The summed E-state index contributed by atoms with van der Waals surface area (Å²) in [6.07, 6.45) is -4.90. The Balaban J connectivity index is 1.61. The van der Waals surface area contributed by atoms with Crippen molar-refractivity contribution in [2.45, 2.75) is 52.6 Å². The molecule has 4 rings (SSSR count). The summed E-state index contributed by atoms with van der Waals surface area (Å²) in [5.74, 6) is 0.0391. The summed E-state index contributed by atoms with van der Waals surface area (Å²) in [5, 5.41) is 19.2. The van der Waals surface area contributed by atoms with Crippen LogP contribution in [0.2, 0.25) is 0 Å². The molecule has 0 radical (unpaired) electrons. The number of hydrogen-bond acceptors (Lipinski definition) is 7. The van der Waals surface area contributed by atoms with Crippen LogP contribution in [0.3, 0.4) is 0 Å². The van der Waals surface area contributed by atoms with Gasteiger partial charge in [0.25, 0.3) is 5.91 Å². The van der Waals surface area contributed by atoms with Crippen LogP contribution in [0.4, 0.5) is 29.3 Å². The van der Waals surface area contributed by atoms with Crippen LogP contribution in [0.1, 0.15) is 46.8 Å². The number of anilines is 2. The highest BCUT2D eigenvalue weighted by Crippen LogP contribution is 2.35. The number of aliphatic hydroxyl groups is 1. The Hall–Kier alpha value is -4.10. The van der Waals surface area contributed by atoms with Gasteiger partial charge in [0, 0.05) is 25.6 Å². The van der Waals surface area contributed by atoms with Crippen molar-refractivity contribution < 1.29 is 37.1 Å². The fourth-order valence-corrected chi connectivity index (χ4v) is 4.97. The van der Waals surface area contributed by atoms with Crippen LogP contribution in [-0.2, 0) is 12.7 Å². The van der Waals surface area contributed by atoms with E-state index in [1.807, 2.05) is 18.9 Å². The van der Waals surface area contributed by atoms with Gasteiger partial charge in [-0.2, -0.15) is 13.2 Å². The molecule has 0 saturated carbocycles. The van der Waals surface area contributed by atoms with Crippen molar-refractivity contribution in [3.05, 3.63) is 70.6 Å². The number of ether oxygens (including phenoxy) is 1. The lowest BCUT2D eigenvalue weighted by Crippen LogP contribution is -2.49. The van der Waals surface area contributed by atoms with E-state index in [9.17, 15) is 27.9 Å². The van der Waals surface area contributed by atoms with Crippen LogP contribution in [0, 0.1) is 19.8 Å². The van der Waals surface area contributed by atoms with Crippen LogP contribution in [-0.4, -0.2) is 70.9 Å². The van der Waals surface area contributed by atoms with Gasteiger partial charge in [-0.1, -0.05) is 30.3 Å². The van der Waals surface area contributed by atoms with E-state index in [-0.39, 0.29) is 35.4 Å². The fourth-order valence-electron chi connectivity index (χ4n) is 4.97. The first kappa shape index (κ1) is 31.8. The Morgan fingerprint density at radius 1 is 1.19 bits per heavy atom. The predicted octanol–water partition coefficient (Wildman–Crippen LogP) is 5.31. The van der Waals surface area contributed by atoms with E-state index in [4.69, 9.17) is 9.26 Å². The number of amides is 3. The van der Waals surface area contributed by atoms with E-state index in [1.165, 1.54) is 12.1 Å². The maximum atomic E-state index is 13.7. The normalized spacial score (nSPS) is 18.0. The second-order valence-corrected chi connectivity index (χ2v) is 11.0. The summed E-state index contributed by atoms with van der Waals surface area (Å²) in [6, 6.07) is 8.78. The maximum absolute atomic E-state index is 13.7. The molecule has 3 atom stereocenters. The standard InChI is InChI=1S/C30H36F3N5O5/c1-17-13-38(18(2)16-39)28(40)23-7-6-8-24(34-29(41)35-26-19(3)36-43-20(26)4)27(23)42-25(17)15-37(5)14-21-9-11-22(12-10-21)30(31,32)33/h6-12,17-18,25,39H,13-16H2,1-5H3,(H2,34,35,41)/t17-,18+,25+/m1/s1. The van der Waals surface area contributed by atoms with Gasteiger partial charge in [0.2, 0.25) is 0 Å². The molecule has 2 heterocycles. The maximum Gasteiger partial charge on any atom is 0.416 e. The number of aryl methyl sites for hydroxylation is 2. The van der Waals surface area contributed by atoms with Crippen LogP contribution in [0.25, 0.3) is 0 Å². The molecule has 0 unspecified atom stereocenters. The number of carbonyl (C=O) groups is 2. The first-order valence-corrected chi connectivity index (χ1v) is 13.9. The molecule has 0 spiro atoms. The van der Waals surface area contributed by atoms with Crippen molar-refractivity contribution in [3.8, 4) is 5.75 Å². The molecule has 0 fully saturated rings. The van der Waals surface area contributed by atoms with Gasteiger partial charge < -0.3 is 29.9 Å². The molecule has 0 aliphatic carbocycles. The highest BCUT2D eigenvalue weighted by Gasteiger charge is 2.35. The number of likely N-dealkylation sites (N-methyl/N-ethyl adjacent to an activating group) is 1. The molecule has 1 aromatic heterocycles. The van der Waals surface area contributed by atoms with Crippen molar-refractivity contribution >= 4 is 23.3 Å². The zero-order valence-corrected chi connectivity index (χ0v) is 24.7. The Kier molecular flexibility index (Phi) is 9.65. The van der Waals surface area contributed by atoms with E-state index in [0.29, 0.717) is 42.3 Å². The van der Waals surface area contributed by atoms with Gasteiger partial charge in [-0.15, -0.1) is 0 Å².